The van der Waals surface area contributed by atoms with E-state index in [9.17, 15) is 24.0 Å². The second-order valence-electron chi connectivity index (χ2n) is 11.1. The molecule has 0 aromatic heterocycles. The van der Waals surface area contributed by atoms with Gasteiger partial charge in [-0.1, -0.05) is 79.3 Å². The Balaban J connectivity index is 4.79. The highest BCUT2D eigenvalue weighted by Gasteiger charge is 2.33. The van der Waals surface area contributed by atoms with E-state index in [4.69, 9.17) is 5.73 Å². The highest BCUT2D eigenvalue weighted by atomic mass is 79.9. The molecule has 0 unspecified atom stereocenters. The Hall–Kier alpha value is -1.29. The lowest BCUT2D eigenvalue weighted by Gasteiger charge is -2.28. The van der Waals surface area contributed by atoms with E-state index in [-0.39, 0.29) is 41.5 Å². The molecule has 0 saturated carbocycles. The van der Waals surface area contributed by atoms with E-state index in [0.717, 1.165) is 25.7 Å². The van der Waals surface area contributed by atoms with Gasteiger partial charge in [-0.3, -0.25) is 19.2 Å². The summed E-state index contributed by atoms with van der Waals surface area (Å²) in [7, 11) is 0. The fourth-order valence-corrected chi connectivity index (χ4v) is 5.75. The largest absolute Gasteiger partial charge is 0.352 e. The number of ketones is 3. The molecule has 0 aliphatic carbocycles. The molecule has 0 aromatic rings. The van der Waals surface area contributed by atoms with Crippen molar-refractivity contribution in [3.05, 3.63) is 0 Å². The van der Waals surface area contributed by atoms with Crippen LogP contribution in [0, 0.1) is 23.2 Å². The lowest BCUT2D eigenvalue weighted by Crippen LogP contribution is -2.48. The molecule has 0 aliphatic rings. The van der Waals surface area contributed by atoms with Crippen LogP contribution in [0.2, 0.25) is 0 Å². The minimum atomic E-state index is -0.699. The maximum atomic E-state index is 13.1. The third-order valence-electron chi connectivity index (χ3n) is 6.39. The summed E-state index contributed by atoms with van der Waals surface area (Å²) in [6, 6.07) is -1.33. The summed E-state index contributed by atoms with van der Waals surface area (Å²) >= 11 is 6.72. The fourth-order valence-electron chi connectivity index (χ4n) is 3.96. The van der Waals surface area contributed by atoms with Gasteiger partial charge in [0.25, 0.3) is 0 Å². The zero-order chi connectivity index (χ0) is 28.6. The smallest absolute Gasteiger partial charge is 0.312 e. The summed E-state index contributed by atoms with van der Waals surface area (Å²) in [5.41, 5.74) is 4.45. The Morgan fingerprint density at radius 1 is 0.865 bits per heavy atom. The van der Waals surface area contributed by atoms with Crippen molar-refractivity contribution in [2.75, 3.05) is 17.2 Å². The number of nitrogens with two attached hydrogens (primary N) is 1. The summed E-state index contributed by atoms with van der Waals surface area (Å²) in [6.07, 6.45) is 5.26. The van der Waals surface area contributed by atoms with Gasteiger partial charge in [0.05, 0.1) is 6.04 Å². The second-order valence-corrected chi connectivity index (χ2v) is 12.4. The summed E-state index contributed by atoms with van der Waals surface area (Å²) in [5, 5.41) is 6.71. The first kappa shape index (κ1) is 35.7. The first-order valence-corrected chi connectivity index (χ1v) is 15.5. The number of urea groups is 1. The van der Waals surface area contributed by atoms with Crippen LogP contribution < -0.4 is 16.4 Å². The van der Waals surface area contributed by atoms with Crippen molar-refractivity contribution in [1.82, 2.24) is 10.6 Å². The van der Waals surface area contributed by atoms with Gasteiger partial charge in [0.2, 0.25) is 5.91 Å². The van der Waals surface area contributed by atoms with Crippen LogP contribution in [0.4, 0.5) is 4.79 Å². The molecule has 0 fully saturated rings. The van der Waals surface area contributed by atoms with Crippen LogP contribution >= 0.6 is 31.9 Å². The minimum Gasteiger partial charge on any atom is -0.352 e. The van der Waals surface area contributed by atoms with Crippen molar-refractivity contribution in [3.63, 3.8) is 0 Å². The van der Waals surface area contributed by atoms with Crippen molar-refractivity contribution in [3.8, 4) is 0 Å². The van der Waals surface area contributed by atoms with Gasteiger partial charge in [-0.05, 0) is 31.6 Å². The normalized spacial score (nSPS) is 13.3. The molecule has 0 aromatic carbocycles. The molecule has 0 saturated heterocycles. The van der Waals surface area contributed by atoms with Gasteiger partial charge >= 0.3 is 6.03 Å². The molecule has 0 aliphatic heterocycles. The quantitative estimate of drug-likeness (QED) is 0.124. The molecule has 0 bridgehead atoms. The molecular weight excluding hydrogens is 606 g/mol. The van der Waals surface area contributed by atoms with Crippen molar-refractivity contribution < 1.29 is 24.0 Å². The van der Waals surface area contributed by atoms with E-state index in [1.165, 1.54) is 0 Å². The Morgan fingerprint density at radius 3 is 1.92 bits per heavy atom. The molecule has 0 radical (unpaired) electrons. The Bertz CT molecular complexity index is 749. The van der Waals surface area contributed by atoms with Crippen molar-refractivity contribution in [1.29, 1.82) is 0 Å². The van der Waals surface area contributed by atoms with Gasteiger partial charge in [0.15, 0.2) is 5.78 Å². The van der Waals surface area contributed by atoms with Crippen molar-refractivity contribution in [2.24, 2.45) is 28.9 Å². The molecule has 214 valence electrons. The number of unbranched alkanes of at least 4 members (excludes halogenated alkanes) is 3. The lowest BCUT2D eigenvalue weighted by molar-refractivity contribution is -0.136. The van der Waals surface area contributed by atoms with E-state index in [1.54, 1.807) is 20.8 Å². The lowest BCUT2D eigenvalue weighted by atomic mass is 9.83. The van der Waals surface area contributed by atoms with Crippen LogP contribution in [0.5, 0.6) is 0 Å². The molecule has 0 rings (SSSR count). The van der Waals surface area contributed by atoms with Gasteiger partial charge < -0.3 is 16.4 Å². The third-order valence-corrected chi connectivity index (χ3v) is 7.95. The molecule has 37 heavy (non-hydrogen) atoms. The average Bonchev–Trinajstić information content (AvgIpc) is 2.80. The van der Waals surface area contributed by atoms with Gasteiger partial charge in [-0.25, -0.2) is 4.79 Å². The fraction of sp³-hybridized carbons (Fsp3) is 0.815. The number of primary amides is 1. The summed E-state index contributed by atoms with van der Waals surface area (Å²) in [4.78, 5) is 61.8. The van der Waals surface area contributed by atoms with Gasteiger partial charge in [0.1, 0.15) is 11.6 Å². The number of rotatable bonds is 20. The van der Waals surface area contributed by atoms with Crippen LogP contribution in [0.25, 0.3) is 0 Å². The number of nitrogens with one attached hydrogen (secondary N) is 2. The minimum absolute atomic E-state index is 0.00536. The summed E-state index contributed by atoms with van der Waals surface area (Å²) in [6.45, 7) is 9.52. The van der Waals surface area contributed by atoms with E-state index < -0.39 is 23.4 Å². The number of alkyl halides is 2. The Morgan fingerprint density at radius 2 is 1.43 bits per heavy atom. The number of hydrogen-bond donors (Lipinski definition) is 3. The zero-order valence-corrected chi connectivity index (χ0v) is 26.3. The maximum Gasteiger partial charge on any atom is 0.312 e. The molecule has 3 amide bonds. The van der Waals surface area contributed by atoms with Crippen molar-refractivity contribution in [2.45, 2.75) is 98.4 Å². The highest BCUT2D eigenvalue weighted by molar-refractivity contribution is 9.09. The molecule has 4 N–H and O–H groups in total. The number of halogens is 2. The molecule has 0 heterocycles. The summed E-state index contributed by atoms with van der Waals surface area (Å²) < 4.78 is 0. The SMILES string of the molecule is CC(C)[C@H](CC(=O)CCCCCCC(=O)C(CBr)CBr)C(=O)N[C@@H](CCCNC(N)=O)C(=O)C(C)(C)C. The average molecular weight is 653 g/mol. The Labute approximate surface area is 239 Å². The van der Waals surface area contributed by atoms with Gasteiger partial charge in [-0.2, -0.15) is 0 Å². The number of carbonyl (C=O) groups excluding carboxylic acids is 5. The zero-order valence-electron chi connectivity index (χ0n) is 23.2. The van der Waals surface area contributed by atoms with Crippen molar-refractivity contribution >= 4 is 61.1 Å². The predicted octanol–water partition coefficient (Wildman–Crippen LogP) is 5.08. The van der Waals surface area contributed by atoms with Crippen LogP contribution in [0.1, 0.15) is 92.4 Å². The number of carbonyl (C=O) groups is 5. The van der Waals surface area contributed by atoms with Gasteiger partial charge in [-0.15, -0.1) is 0 Å². The van der Waals surface area contributed by atoms with E-state index >= 15 is 0 Å². The molecule has 10 heteroatoms. The van der Waals surface area contributed by atoms with Crippen LogP contribution in [0.15, 0.2) is 0 Å². The summed E-state index contributed by atoms with van der Waals surface area (Å²) in [5.74, 6) is -0.670. The van der Waals surface area contributed by atoms with E-state index in [1.807, 2.05) is 13.8 Å². The number of hydrogen-bond acceptors (Lipinski definition) is 5. The van der Waals surface area contributed by atoms with Crippen LogP contribution in [0.3, 0.4) is 0 Å². The van der Waals surface area contributed by atoms with E-state index in [2.05, 4.69) is 42.5 Å². The molecule has 8 nitrogen and oxygen atoms in total. The second kappa shape index (κ2) is 18.9. The number of amides is 3. The van der Waals surface area contributed by atoms with Crippen LogP contribution in [-0.4, -0.2) is 52.5 Å². The maximum absolute atomic E-state index is 13.1. The topological polar surface area (TPSA) is 135 Å². The molecule has 2 atom stereocenters. The monoisotopic (exact) mass is 651 g/mol. The molecular formula is C27H47Br2N3O5. The number of Topliss-reactive ketones (excluding diaryl/α,β-unsaturated/α-hetero) is 3. The molecule has 0 spiro atoms. The highest BCUT2D eigenvalue weighted by Crippen LogP contribution is 2.22. The first-order valence-electron chi connectivity index (χ1n) is 13.3. The third kappa shape index (κ3) is 15.7. The van der Waals surface area contributed by atoms with Gasteiger partial charge in [0, 0.05) is 53.7 Å². The Kier molecular flexibility index (Phi) is 18.2. The standard InChI is InChI=1S/C27H47Br2N3O5/c1-18(2)21(15-20(33)11-8-6-7-9-13-23(34)19(16-28)17-29)25(36)32-22(24(35)27(3,4)5)12-10-14-31-26(30)37/h18-19,21-22H,6-17H2,1-5H3,(H,32,36)(H3,30,31,37)/t21-,22-/m0/s1. The first-order chi connectivity index (χ1) is 17.2. The van der Waals surface area contributed by atoms with E-state index in [0.29, 0.717) is 42.9 Å². The predicted molar refractivity (Wildman–Crippen MR) is 155 cm³/mol. The van der Waals surface area contributed by atoms with Crippen LogP contribution in [-0.2, 0) is 19.2 Å².